The molecule has 0 radical (unpaired) electrons. The Bertz CT molecular complexity index is 979. The number of Topliss-reactive ketones (excluding diaryl/α,β-unsaturated/α-hetero) is 2. The van der Waals surface area contributed by atoms with Crippen LogP contribution in [0.25, 0.3) is 10.8 Å². The fourth-order valence-electron chi connectivity index (χ4n) is 3.32. The summed E-state index contributed by atoms with van der Waals surface area (Å²) in [5.41, 5.74) is 2.22. The van der Waals surface area contributed by atoms with Crippen LogP contribution in [0.3, 0.4) is 0 Å². The highest BCUT2D eigenvalue weighted by atomic mass is 16.5. The third-order valence-corrected chi connectivity index (χ3v) is 4.99. The third kappa shape index (κ3) is 2.43. The van der Waals surface area contributed by atoms with Crippen molar-refractivity contribution in [1.29, 1.82) is 0 Å². The average Bonchev–Trinajstić information content (AvgIpc) is 2.90. The SMILES string of the molecule is CCC(C)c1ccc(Oc2ccc3c4c(cccc24)C(=O)C3=O)cc1. The maximum Gasteiger partial charge on any atom is 0.234 e. The second-order valence-electron chi connectivity index (χ2n) is 6.48. The van der Waals surface area contributed by atoms with E-state index < -0.39 is 11.6 Å². The quantitative estimate of drug-likeness (QED) is 0.591. The molecule has 1 aliphatic carbocycles. The molecule has 0 bridgehead atoms. The van der Waals surface area contributed by atoms with Gasteiger partial charge < -0.3 is 4.74 Å². The maximum absolute atomic E-state index is 12.1. The van der Waals surface area contributed by atoms with Crippen molar-refractivity contribution in [2.45, 2.75) is 26.2 Å². The van der Waals surface area contributed by atoms with Crippen LogP contribution in [0.2, 0.25) is 0 Å². The van der Waals surface area contributed by atoms with E-state index in [4.69, 9.17) is 4.74 Å². The second kappa shape index (κ2) is 5.85. The molecule has 3 nitrogen and oxygen atoms in total. The van der Waals surface area contributed by atoms with Gasteiger partial charge in [-0.1, -0.05) is 44.2 Å². The van der Waals surface area contributed by atoms with Crippen LogP contribution in [-0.4, -0.2) is 11.6 Å². The lowest BCUT2D eigenvalue weighted by Crippen LogP contribution is -2.05. The van der Waals surface area contributed by atoms with E-state index in [9.17, 15) is 9.59 Å². The first kappa shape index (κ1) is 15.6. The minimum Gasteiger partial charge on any atom is -0.457 e. The Morgan fingerprint density at radius 3 is 2.24 bits per heavy atom. The van der Waals surface area contributed by atoms with E-state index in [0.717, 1.165) is 17.6 Å². The Labute approximate surface area is 146 Å². The minimum absolute atomic E-state index is 0.435. The fraction of sp³-hybridized carbons (Fsp3) is 0.182. The van der Waals surface area contributed by atoms with E-state index in [2.05, 4.69) is 26.0 Å². The molecule has 3 aromatic rings. The zero-order valence-corrected chi connectivity index (χ0v) is 14.2. The van der Waals surface area contributed by atoms with Crippen LogP contribution in [0.4, 0.5) is 0 Å². The van der Waals surface area contributed by atoms with Crippen LogP contribution in [-0.2, 0) is 0 Å². The van der Waals surface area contributed by atoms with Crippen molar-refractivity contribution in [2.75, 3.05) is 0 Å². The van der Waals surface area contributed by atoms with E-state index in [0.29, 0.717) is 28.2 Å². The zero-order valence-electron chi connectivity index (χ0n) is 14.2. The number of rotatable bonds is 4. The summed E-state index contributed by atoms with van der Waals surface area (Å²) >= 11 is 0. The molecule has 0 aromatic heterocycles. The zero-order chi connectivity index (χ0) is 17.6. The van der Waals surface area contributed by atoms with Gasteiger partial charge in [0.1, 0.15) is 11.5 Å². The number of benzene rings is 3. The molecule has 0 saturated heterocycles. The summed E-state index contributed by atoms with van der Waals surface area (Å²) in [5.74, 6) is 1.04. The van der Waals surface area contributed by atoms with Crippen LogP contribution in [0, 0.1) is 0 Å². The largest absolute Gasteiger partial charge is 0.457 e. The fourth-order valence-corrected chi connectivity index (χ4v) is 3.32. The summed E-state index contributed by atoms with van der Waals surface area (Å²) in [6.45, 7) is 4.37. The molecule has 1 aliphatic rings. The van der Waals surface area contributed by atoms with Crippen LogP contribution < -0.4 is 4.74 Å². The van der Waals surface area contributed by atoms with Gasteiger partial charge in [0.25, 0.3) is 0 Å². The van der Waals surface area contributed by atoms with Crippen molar-refractivity contribution in [3.63, 3.8) is 0 Å². The molecule has 124 valence electrons. The average molecular weight is 330 g/mol. The van der Waals surface area contributed by atoms with Gasteiger partial charge in [0.05, 0.1) is 0 Å². The van der Waals surface area contributed by atoms with Crippen LogP contribution in [0.5, 0.6) is 11.5 Å². The molecular weight excluding hydrogens is 312 g/mol. The van der Waals surface area contributed by atoms with Gasteiger partial charge in [-0.2, -0.15) is 0 Å². The Morgan fingerprint density at radius 1 is 0.880 bits per heavy atom. The van der Waals surface area contributed by atoms with E-state index in [1.165, 1.54) is 5.56 Å². The van der Waals surface area contributed by atoms with E-state index in [1.54, 1.807) is 24.3 Å². The number of hydrogen-bond donors (Lipinski definition) is 0. The predicted molar refractivity (Wildman–Crippen MR) is 97.8 cm³/mol. The summed E-state index contributed by atoms with van der Waals surface area (Å²) in [7, 11) is 0. The molecule has 0 saturated carbocycles. The first-order chi connectivity index (χ1) is 12.1. The summed E-state index contributed by atoms with van der Waals surface area (Å²) < 4.78 is 6.05. The molecule has 25 heavy (non-hydrogen) atoms. The number of ether oxygens (including phenoxy) is 1. The first-order valence-corrected chi connectivity index (χ1v) is 8.52. The molecule has 0 amide bonds. The normalized spacial score (nSPS) is 14.2. The molecule has 0 aliphatic heterocycles. The Morgan fingerprint density at radius 2 is 1.56 bits per heavy atom. The summed E-state index contributed by atoms with van der Waals surface area (Å²) in [6.07, 6.45) is 1.09. The lowest BCUT2D eigenvalue weighted by molar-refractivity contribution is 0.0825. The highest BCUT2D eigenvalue weighted by Crippen LogP contribution is 2.38. The van der Waals surface area contributed by atoms with E-state index in [-0.39, 0.29) is 0 Å². The lowest BCUT2D eigenvalue weighted by Gasteiger charge is -2.12. The number of ketones is 2. The van der Waals surface area contributed by atoms with Gasteiger partial charge in [-0.05, 0) is 42.2 Å². The highest BCUT2D eigenvalue weighted by molar-refractivity contribution is 6.57. The van der Waals surface area contributed by atoms with E-state index in [1.807, 2.05) is 18.2 Å². The van der Waals surface area contributed by atoms with Crippen molar-refractivity contribution in [3.8, 4) is 11.5 Å². The monoisotopic (exact) mass is 330 g/mol. The van der Waals surface area contributed by atoms with Crippen LogP contribution in [0.15, 0.2) is 54.6 Å². The molecule has 0 spiro atoms. The van der Waals surface area contributed by atoms with Gasteiger partial charge in [0.2, 0.25) is 11.6 Å². The second-order valence-corrected chi connectivity index (χ2v) is 6.48. The molecule has 1 unspecified atom stereocenters. The Kier molecular flexibility index (Phi) is 3.65. The highest BCUT2D eigenvalue weighted by Gasteiger charge is 2.31. The molecule has 3 heteroatoms. The van der Waals surface area contributed by atoms with Gasteiger partial charge in [0.15, 0.2) is 0 Å². The number of carbonyl (C=O) groups is 2. The Balaban J connectivity index is 1.74. The molecule has 0 heterocycles. The maximum atomic E-state index is 12.1. The summed E-state index contributed by atoms with van der Waals surface area (Å²) in [4.78, 5) is 24.2. The number of carbonyl (C=O) groups excluding carboxylic acids is 2. The Hall–Kier alpha value is -2.94. The van der Waals surface area contributed by atoms with Crippen molar-refractivity contribution < 1.29 is 14.3 Å². The van der Waals surface area contributed by atoms with Gasteiger partial charge in [0, 0.05) is 21.9 Å². The van der Waals surface area contributed by atoms with Crippen LogP contribution in [0.1, 0.15) is 52.5 Å². The van der Waals surface area contributed by atoms with Gasteiger partial charge in [-0.25, -0.2) is 0 Å². The van der Waals surface area contributed by atoms with Crippen molar-refractivity contribution in [2.24, 2.45) is 0 Å². The predicted octanol–water partition coefficient (Wildman–Crippen LogP) is 5.52. The molecule has 3 aromatic carbocycles. The lowest BCUT2D eigenvalue weighted by atomic mass is 9.99. The van der Waals surface area contributed by atoms with Crippen molar-refractivity contribution >= 4 is 22.3 Å². The molecule has 1 atom stereocenters. The van der Waals surface area contributed by atoms with Crippen LogP contribution >= 0.6 is 0 Å². The van der Waals surface area contributed by atoms with Gasteiger partial charge in [-0.15, -0.1) is 0 Å². The van der Waals surface area contributed by atoms with Gasteiger partial charge >= 0.3 is 0 Å². The molecular formula is C22H18O3. The minimum atomic E-state index is -0.435. The molecule has 0 N–H and O–H groups in total. The summed E-state index contributed by atoms with van der Waals surface area (Å²) in [6, 6.07) is 16.9. The molecule has 0 fully saturated rings. The van der Waals surface area contributed by atoms with Gasteiger partial charge in [-0.3, -0.25) is 9.59 Å². The van der Waals surface area contributed by atoms with Crippen molar-refractivity contribution in [1.82, 2.24) is 0 Å². The van der Waals surface area contributed by atoms with Crippen molar-refractivity contribution in [3.05, 3.63) is 71.3 Å². The first-order valence-electron chi connectivity index (χ1n) is 8.52. The topological polar surface area (TPSA) is 43.4 Å². The summed E-state index contributed by atoms with van der Waals surface area (Å²) in [5, 5.41) is 1.49. The number of hydrogen-bond acceptors (Lipinski definition) is 3. The van der Waals surface area contributed by atoms with E-state index >= 15 is 0 Å². The third-order valence-electron chi connectivity index (χ3n) is 4.99. The smallest absolute Gasteiger partial charge is 0.234 e. The molecule has 4 rings (SSSR count). The standard InChI is InChI=1S/C22H18O3/c1-3-13(2)14-7-9-15(10-8-14)25-19-12-11-18-20-16(19)5-4-6-17(20)21(23)22(18)24/h4-13H,3H2,1-2H3.